The van der Waals surface area contributed by atoms with Crippen LogP contribution < -0.4 is 10.5 Å². The number of aryl methyl sites for hydroxylation is 2. The van der Waals surface area contributed by atoms with Gasteiger partial charge in [-0.05, 0) is 33.2 Å². The van der Waals surface area contributed by atoms with Gasteiger partial charge in [-0.2, -0.15) is 5.10 Å². The van der Waals surface area contributed by atoms with Crippen LogP contribution in [0.3, 0.4) is 0 Å². The number of sulfonamides is 1. The van der Waals surface area contributed by atoms with Crippen molar-refractivity contribution in [2.45, 2.75) is 33.2 Å². The zero-order chi connectivity index (χ0) is 13.8. The number of unbranched alkanes of at least 4 members (excludes halogenated alkanes) is 1. The zero-order valence-electron chi connectivity index (χ0n) is 11.2. The lowest BCUT2D eigenvalue weighted by molar-refractivity contribution is 0.577. The van der Waals surface area contributed by atoms with Crippen LogP contribution in [0.5, 0.6) is 0 Å². The molecule has 0 aliphatic carbocycles. The molecular weight excluding hydrogens is 252 g/mol. The van der Waals surface area contributed by atoms with Gasteiger partial charge < -0.3 is 5.73 Å². The van der Waals surface area contributed by atoms with Crippen molar-refractivity contribution in [2.24, 2.45) is 12.8 Å². The van der Waals surface area contributed by atoms with Gasteiger partial charge in [-0.15, -0.1) is 0 Å². The van der Waals surface area contributed by atoms with Crippen molar-refractivity contribution in [3.05, 3.63) is 17.0 Å². The van der Waals surface area contributed by atoms with Crippen LogP contribution in [0.25, 0.3) is 0 Å². The van der Waals surface area contributed by atoms with Crippen LogP contribution >= 0.6 is 0 Å². The number of rotatable bonds is 7. The second-order valence-corrected chi connectivity index (χ2v) is 6.34. The summed E-state index contributed by atoms with van der Waals surface area (Å²) < 4.78 is 27.8. The first-order valence-corrected chi connectivity index (χ1v) is 7.69. The molecule has 0 spiro atoms. The Balaban J connectivity index is 2.59. The molecule has 1 aromatic heterocycles. The minimum Gasteiger partial charge on any atom is -0.330 e. The van der Waals surface area contributed by atoms with Gasteiger partial charge in [0.15, 0.2) is 0 Å². The van der Waals surface area contributed by atoms with Crippen molar-refractivity contribution >= 4 is 10.0 Å². The van der Waals surface area contributed by atoms with Gasteiger partial charge >= 0.3 is 0 Å². The topological polar surface area (TPSA) is 90.0 Å². The number of nitrogens with two attached hydrogens (primary N) is 1. The third-order valence-corrected chi connectivity index (χ3v) is 4.41. The molecule has 0 bridgehead atoms. The summed E-state index contributed by atoms with van der Waals surface area (Å²) in [5.41, 5.74) is 8.13. The molecule has 1 rings (SSSR count). The van der Waals surface area contributed by atoms with Crippen LogP contribution in [0, 0.1) is 13.8 Å². The van der Waals surface area contributed by atoms with E-state index in [1.54, 1.807) is 4.68 Å². The van der Waals surface area contributed by atoms with Gasteiger partial charge in [-0.25, -0.2) is 13.1 Å². The Morgan fingerprint density at radius 2 is 2.00 bits per heavy atom. The van der Waals surface area contributed by atoms with Crippen LogP contribution in [0.1, 0.15) is 29.8 Å². The molecule has 104 valence electrons. The lowest BCUT2D eigenvalue weighted by Gasteiger charge is -2.06. The van der Waals surface area contributed by atoms with Crippen LogP contribution in [0.4, 0.5) is 0 Å². The van der Waals surface area contributed by atoms with Crippen molar-refractivity contribution in [3.63, 3.8) is 0 Å². The van der Waals surface area contributed by atoms with Gasteiger partial charge in [0, 0.05) is 24.8 Å². The predicted octanol–water partition coefficient (Wildman–Crippen LogP) is 0.195. The SMILES string of the molecule is Cc1nn(C)c(C)c1CNS(=O)(=O)CCCCN. The van der Waals surface area contributed by atoms with E-state index in [0.29, 0.717) is 19.5 Å². The van der Waals surface area contributed by atoms with E-state index in [4.69, 9.17) is 5.73 Å². The summed E-state index contributed by atoms with van der Waals surface area (Å²) in [5.74, 6) is 0.128. The largest absolute Gasteiger partial charge is 0.330 e. The van der Waals surface area contributed by atoms with Crippen LogP contribution in [-0.4, -0.2) is 30.5 Å². The van der Waals surface area contributed by atoms with Gasteiger partial charge in [0.25, 0.3) is 0 Å². The van der Waals surface area contributed by atoms with Crippen LogP contribution in [-0.2, 0) is 23.6 Å². The molecule has 18 heavy (non-hydrogen) atoms. The lowest BCUT2D eigenvalue weighted by Crippen LogP contribution is -2.26. The number of aromatic nitrogens is 2. The Labute approximate surface area is 109 Å². The van der Waals surface area contributed by atoms with Crippen molar-refractivity contribution in [1.29, 1.82) is 0 Å². The average Bonchev–Trinajstić information content (AvgIpc) is 2.51. The highest BCUT2D eigenvalue weighted by Crippen LogP contribution is 2.11. The fourth-order valence-electron chi connectivity index (χ4n) is 1.76. The number of hydrogen-bond donors (Lipinski definition) is 2. The fraction of sp³-hybridized carbons (Fsp3) is 0.727. The summed E-state index contributed by atoms with van der Waals surface area (Å²) >= 11 is 0. The second-order valence-electron chi connectivity index (χ2n) is 4.41. The van der Waals surface area contributed by atoms with Gasteiger partial charge in [-0.3, -0.25) is 4.68 Å². The Morgan fingerprint density at radius 1 is 1.33 bits per heavy atom. The summed E-state index contributed by atoms with van der Waals surface area (Å²) in [6, 6.07) is 0. The maximum atomic E-state index is 11.7. The average molecular weight is 274 g/mol. The maximum absolute atomic E-state index is 11.7. The molecule has 3 N–H and O–H groups in total. The highest BCUT2D eigenvalue weighted by molar-refractivity contribution is 7.89. The molecule has 1 aromatic rings. The number of nitrogens with one attached hydrogen (secondary N) is 1. The Bertz CT molecular complexity index is 493. The van der Waals surface area contributed by atoms with Gasteiger partial charge in [-0.1, -0.05) is 0 Å². The molecule has 0 aliphatic heterocycles. The first-order valence-electron chi connectivity index (χ1n) is 6.04. The molecule has 0 aromatic carbocycles. The predicted molar refractivity (Wildman–Crippen MR) is 71.6 cm³/mol. The van der Waals surface area contributed by atoms with E-state index in [9.17, 15) is 8.42 Å². The summed E-state index contributed by atoms with van der Waals surface area (Å²) in [7, 11) is -1.37. The molecule has 0 saturated carbocycles. The van der Waals surface area contributed by atoms with E-state index in [-0.39, 0.29) is 5.75 Å². The first kappa shape index (κ1) is 15.1. The molecule has 6 nitrogen and oxygen atoms in total. The van der Waals surface area contributed by atoms with E-state index in [1.165, 1.54) is 0 Å². The van der Waals surface area contributed by atoms with E-state index in [1.807, 2.05) is 20.9 Å². The molecule has 7 heteroatoms. The van der Waals surface area contributed by atoms with Gasteiger partial charge in [0.1, 0.15) is 0 Å². The lowest BCUT2D eigenvalue weighted by atomic mass is 10.2. The monoisotopic (exact) mass is 274 g/mol. The van der Waals surface area contributed by atoms with Crippen molar-refractivity contribution < 1.29 is 8.42 Å². The Kier molecular flexibility index (Phi) is 5.30. The summed E-state index contributed by atoms with van der Waals surface area (Å²) in [5, 5.41) is 4.25. The number of hydrogen-bond acceptors (Lipinski definition) is 4. The molecule has 0 atom stereocenters. The van der Waals surface area contributed by atoms with Crippen LogP contribution in [0.2, 0.25) is 0 Å². The maximum Gasteiger partial charge on any atom is 0.211 e. The highest BCUT2D eigenvalue weighted by Gasteiger charge is 2.14. The van der Waals surface area contributed by atoms with Crippen LogP contribution in [0.15, 0.2) is 0 Å². The molecular formula is C11H22N4O2S. The molecule has 0 amide bonds. The quantitative estimate of drug-likeness (QED) is 0.695. The standard InChI is InChI=1S/C11H22N4O2S/c1-9-11(10(2)15(3)14-9)8-13-18(16,17)7-5-4-6-12/h13H,4-8,12H2,1-3H3. The summed E-state index contributed by atoms with van der Waals surface area (Å²) in [6.45, 7) is 4.63. The molecule has 0 fully saturated rings. The Morgan fingerprint density at radius 3 is 2.50 bits per heavy atom. The third kappa shape index (κ3) is 4.08. The summed E-state index contributed by atoms with van der Waals surface area (Å²) in [6.07, 6.45) is 1.32. The Hall–Kier alpha value is -0.920. The van der Waals surface area contributed by atoms with Crippen molar-refractivity contribution in [3.8, 4) is 0 Å². The van der Waals surface area contributed by atoms with Gasteiger partial charge in [0.05, 0.1) is 11.4 Å². The minimum absolute atomic E-state index is 0.128. The smallest absolute Gasteiger partial charge is 0.211 e. The first-order chi connectivity index (χ1) is 8.37. The second kappa shape index (κ2) is 6.31. The summed E-state index contributed by atoms with van der Waals surface area (Å²) in [4.78, 5) is 0. The van der Waals surface area contributed by atoms with Crippen molar-refractivity contribution in [2.75, 3.05) is 12.3 Å². The molecule has 0 aliphatic rings. The minimum atomic E-state index is -3.22. The van der Waals surface area contributed by atoms with E-state index in [0.717, 1.165) is 23.4 Å². The number of nitrogens with zero attached hydrogens (tertiary/aromatic N) is 2. The van der Waals surface area contributed by atoms with Gasteiger partial charge in [0.2, 0.25) is 10.0 Å². The van der Waals surface area contributed by atoms with Crippen molar-refractivity contribution in [1.82, 2.24) is 14.5 Å². The molecule has 0 saturated heterocycles. The fourth-order valence-corrected chi connectivity index (χ4v) is 2.86. The van der Waals surface area contributed by atoms with E-state index < -0.39 is 10.0 Å². The zero-order valence-corrected chi connectivity index (χ0v) is 12.0. The van der Waals surface area contributed by atoms with E-state index in [2.05, 4.69) is 9.82 Å². The van der Waals surface area contributed by atoms with E-state index >= 15 is 0 Å². The highest BCUT2D eigenvalue weighted by atomic mass is 32.2. The third-order valence-electron chi connectivity index (χ3n) is 2.99. The molecule has 1 heterocycles. The molecule has 0 radical (unpaired) electrons. The normalized spacial score (nSPS) is 12.0. The molecule has 0 unspecified atom stereocenters.